The molecule has 0 aliphatic carbocycles. The van der Waals surface area contributed by atoms with Crippen molar-refractivity contribution in [1.29, 1.82) is 0 Å². The lowest BCUT2D eigenvalue weighted by Crippen LogP contribution is -2.29. The molecule has 0 atom stereocenters. The highest BCUT2D eigenvalue weighted by Crippen LogP contribution is 2.29. The Labute approximate surface area is 174 Å². The number of carbonyl (C=O) groups is 3. The van der Waals surface area contributed by atoms with Gasteiger partial charge in [-0.15, -0.1) is 0 Å². The van der Waals surface area contributed by atoms with E-state index in [4.69, 9.17) is 11.6 Å². The fraction of sp³-hybridized carbons (Fsp3) is 0.318. The molecular weight excluding hydrogens is 390 g/mol. The fourth-order valence-electron chi connectivity index (χ4n) is 3.82. The molecule has 4 rings (SSSR count). The number of carbonyl (C=O) groups excluding carboxylic acids is 3. The summed E-state index contributed by atoms with van der Waals surface area (Å²) < 4.78 is 0. The second kappa shape index (κ2) is 8.25. The van der Waals surface area contributed by atoms with Crippen molar-refractivity contribution in [3.63, 3.8) is 0 Å². The van der Waals surface area contributed by atoms with Gasteiger partial charge in [0.1, 0.15) is 0 Å². The molecule has 6 nitrogen and oxygen atoms in total. The Morgan fingerprint density at radius 2 is 1.59 bits per heavy atom. The van der Waals surface area contributed by atoms with Crippen LogP contribution < -0.4 is 15.1 Å². The van der Waals surface area contributed by atoms with Gasteiger partial charge in [0.15, 0.2) is 0 Å². The molecule has 0 unspecified atom stereocenters. The van der Waals surface area contributed by atoms with Crippen LogP contribution >= 0.6 is 11.6 Å². The van der Waals surface area contributed by atoms with Crippen molar-refractivity contribution in [2.24, 2.45) is 0 Å². The molecule has 0 spiro atoms. The molecule has 1 N–H and O–H groups in total. The normalized spacial score (nSPS) is 16.6. The minimum atomic E-state index is -0.254. The third-order valence-corrected chi connectivity index (χ3v) is 5.58. The third kappa shape index (κ3) is 4.12. The van der Waals surface area contributed by atoms with Crippen LogP contribution in [0, 0.1) is 0 Å². The van der Waals surface area contributed by atoms with Crippen LogP contribution in [0.15, 0.2) is 42.5 Å². The standard InChI is InChI=1S/C22H22ClN3O3/c23-16-7-10-18(19(13-16)26-12-2-4-21(26)28)22(29)24-14-15-5-8-17(9-6-15)25-11-1-3-20(25)27/h5-10,13H,1-4,11-12,14H2,(H,24,29). The summed E-state index contributed by atoms with van der Waals surface area (Å²) in [6, 6.07) is 12.6. The highest BCUT2D eigenvalue weighted by atomic mass is 35.5. The minimum absolute atomic E-state index is 0.00775. The van der Waals surface area contributed by atoms with Crippen molar-refractivity contribution in [1.82, 2.24) is 5.32 Å². The summed E-state index contributed by atoms with van der Waals surface area (Å²) in [5.74, 6) is -0.0960. The number of hydrogen-bond donors (Lipinski definition) is 1. The predicted octanol–water partition coefficient (Wildman–Crippen LogP) is 3.52. The fourth-order valence-corrected chi connectivity index (χ4v) is 3.98. The summed E-state index contributed by atoms with van der Waals surface area (Å²) in [5.41, 5.74) is 2.81. The molecule has 3 amide bonds. The molecule has 2 aromatic rings. The van der Waals surface area contributed by atoms with Crippen LogP contribution in [0.3, 0.4) is 0 Å². The Morgan fingerprint density at radius 3 is 2.21 bits per heavy atom. The van der Waals surface area contributed by atoms with Gasteiger partial charge in [-0.2, -0.15) is 0 Å². The van der Waals surface area contributed by atoms with Gasteiger partial charge in [-0.25, -0.2) is 0 Å². The number of benzene rings is 2. The van der Waals surface area contributed by atoms with E-state index in [1.165, 1.54) is 0 Å². The van der Waals surface area contributed by atoms with Crippen molar-refractivity contribution in [3.05, 3.63) is 58.6 Å². The number of halogens is 1. The number of nitrogens with one attached hydrogen (secondary N) is 1. The summed E-state index contributed by atoms with van der Waals surface area (Å²) in [6.07, 6.45) is 2.75. The van der Waals surface area contributed by atoms with Gasteiger partial charge < -0.3 is 15.1 Å². The Balaban J connectivity index is 1.45. The van der Waals surface area contributed by atoms with E-state index in [1.54, 1.807) is 28.0 Å². The van der Waals surface area contributed by atoms with E-state index in [0.717, 1.165) is 30.6 Å². The lowest BCUT2D eigenvalue weighted by molar-refractivity contribution is -0.117. The van der Waals surface area contributed by atoms with Crippen molar-refractivity contribution in [2.75, 3.05) is 22.9 Å². The van der Waals surface area contributed by atoms with Crippen LogP contribution in [0.5, 0.6) is 0 Å². The molecule has 2 fully saturated rings. The zero-order valence-corrected chi connectivity index (χ0v) is 16.7. The highest BCUT2D eigenvalue weighted by Gasteiger charge is 2.26. The van der Waals surface area contributed by atoms with Gasteiger partial charge in [0, 0.05) is 43.2 Å². The molecule has 2 aliphatic rings. The Bertz CT molecular complexity index is 958. The number of nitrogens with zero attached hydrogens (tertiary/aromatic N) is 2. The lowest BCUT2D eigenvalue weighted by atomic mass is 10.1. The largest absolute Gasteiger partial charge is 0.348 e. The molecule has 2 aromatic carbocycles. The highest BCUT2D eigenvalue weighted by molar-refractivity contribution is 6.31. The molecule has 0 saturated carbocycles. The van der Waals surface area contributed by atoms with E-state index in [0.29, 0.717) is 42.2 Å². The van der Waals surface area contributed by atoms with Gasteiger partial charge in [-0.3, -0.25) is 14.4 Å². The molecule has 0 aromatic heterocycles. The van der Waals surface area contributed by atoms with E-state index in [2.05, 4.69) is 5.32 Å². The van der Waals surface area contributed by atoms with Crippen LogP contribution in [0.4, 0.5) is 11.4 Å². The molecular formula is C22H22ClN3O3. The van der Waals surface area contributed by atoms with Gasteiger partial charge in [0.05, 0.1) is 11.3 Å². The maximum Gasteiger partial charge on any atom is 0.253 e. The lowest BCUT2D eigenvalue weighted by Gasteiger charge is -2.20. The SMILES string of the molecule is O=C(NCc1ccc(N2CCCC2=O)cc1)c1ccc(Cl)cc1N1CCCC1=O. The summed E-state index contributed by atoms with van der Waals surface area (Å²) in [7, 11) is 0. The van der Waals surface area contributed by atoms with Gasteiger partial charge in [0.25, 0.3) is 5.91 Å². The zero-order valence-electron chi connectivity index (χ0n) is 16.0. The van der Waals surface area contributed by atoms with Crippen LogP contribution in [0.25, 0.3) is 0 Å². The summed E-state index contributed by atoms with van der Waals surface area (Å²) in [5, 5.41) is 3.40. The predicted molar refractivity (Wildman–Crippen MR) is 112 cm³/mol. The van der Waals surface area contributed by atoms with Gasteiger partial charge >= 0.3 is 0 Å². The summed E-state index contributed by atoms with van der Waals surface area (Å²) >= 11 is 6.10. The summed E-state index contributed by atoms with van der Waals surface area (Å²) in [6.45, 7) is 1.70. The quantitative estimate of drug-likeness (QED) is 0.818. The monoisotopic (exact) mass is 411 g/mol. The molecule has 0 bridgehead atoms. The van der Waals surface area contributed by atoms with Gasteiger partial charge in [-0.05, 0) is 48.7 Å². The summed E-state index contributed by atoms with van der Waals surface area (Å²) in [4.78, 5) is 40.2. The van der Waals surface area contributed by atoms with Crippen LogP contribution in [0.2, 0.25) is 5.02 Å². The van der Waals surface area contributed by atoms with E-state index in [-0.39, 0.29) is 17.7 Å². The Morgan fingerprint density at radius 1 is 0.931 bits per heavy atom. The van der Waals surface area contributed by atoms with Crippen LogP contribution in [-0.2, 0) is 16.1 Å². The molecule has 29 heavy (non-hydrogen) atoms. The van der Waals surface area contributed by atoms with Crippen LogP contribution in [0.1, 0.15) is 41.6 Å². The first-order valence-electron chi connectivity index (χ1n) is 9.80. The number of anilines is 2. The first-order valence-corrected chi connectivity index (χ1v) is 10.2. The van der Waals surface area contributed by atoms with Crippen LogP contribution in [-0.4, -0.2) is 30.8 Å². The topological polar surface area (TPSA) is 69.7 Å². The van der Waals surface area contributed by atoms with E-state index in [1.807, 2.05) is 24.3 Å². The maximum atomic E-state index is 12.8. The first-order chi connectivity index (χ1) is 14.0. The third-order valence-electron chi connectivity index (χ3n) is 5.34. The van der Waals surface area contributed by atoms with Crippen molar-refractivity contribution in [3.8, 4) is 0 Å². The van der Waals surface area contributed by atoms with E-state index < -0.39 is 0 Å². The Kier molecular flexibility index (Phi) is 5.53. The molecule has 150 valence electrons. The van der Waals surface area contributed by atoms with Gasteiger partial charge in [-0.1, -0.05) is 23.7 Å². The van der Waals surface area contributed by atoms with Crippen molar-refractivity contribution in [2.45, 2.75) is 32.2 Å². The van der Waals surface area contributed by atoms with Crippen molar-refractivity contribution < 1.29 is 14.4 Å². The zero-order chi connectivity index (χ0) is 20.4. The molecule has 0 radical (unpaired) electrons. The second-order valence-electron chi connectivity index (χ2n) is 7.31. The molecule has 2 aliphatic heterocycles. The number of rotatable bonds is 5. The average molecular weight is 412 g/mol. The van der Waals surface area contributed by atoms with Gasteiger partial charge in [0.2, 0.25) is 11.8 Å². The van der Waals surface area contributed by atoms with Crippen molar-refractivity contribution >= 4 is 40.7 Å². The smallest absolute Gasteiger partial charge is 0.253 e. The number of hydrogen-bond acceptors (Lipinski definition) is 3. The number of amides is 3. The first kappa shape index (κ1) is 19.5. The molecule has 2 saturated heterocycles. The Hall–Kier alpha value is -2.86. The van der Waals surface area contributed by atoms with E-state index in [9.17, 15) is 14.4 Å². The molecule has 2 heterocycles. The average Bonchev–Trinajstić information content (AvgIpc) is 3.34. The minimum Gasteiger partial charge on any atom is -0.348 e. The molecule has 7 heteroatoms. The van der Waals surface area contributed by atoms with E-state index >= 15 is 0 Å². The maximum absolute atomic E-state index is 12.8. The second-order valence-corrected chi connectivity index (χ2v) is 7.74.